The minimum Gasteiger partial charge on any atom is -0.496 e. The van der Waals surface area contributed by atoms with Crippen LogP contribution in [0.2, 0.25) is 0 Å². The van der Waals surface area contributed by atoms with Gasteiger partial charge in [0, 0.05) is 13.0 Å². The number of amides is 1. The number of anilines is 1. The maximum absolute atomic E-state index is 12.1. The first-order chi connectivity index (χ1) is 12.2. The predicted octanol–water partition coefficient (Wildman–Crippen LogP) is 3.25. The largest absolute Gasteiger partial charge is 0.496 e. The highest BCUT2D eigenvalue weighted by Crippen LogP contribution is 2.23. The van der Waals surface area contributed by atoms with E-state index in [9.17, 15) is 4.79 Å². The quantitative estimate of drug-likeness (QED) is 0.651. The zero-order chi connectivity index (χ0) is 17.9. The molecule has 25 heavy (non-hydrogen) atoms. The Kier molecular flexibility index (Phi) is 7.79. The molecule has 0 radical (unpaired) electrons. The van der Waals surface area contributed by atoms with E-state index in [0.717, 1.165) is 24.3 Å². The molecule has 2 aromatic rings. The fourth-order valence-electron chi connectivity index (χ4n) is 2.52. The Morgan fingerprint density at radius 3 is 2.48 bits per heavy atom. The molecule has 5 heteroatoms. The van der Waals surface area contributed by atoms with Crippen LogP contribution in [0, 0.1) is 0 Å². The molecular weight excluding hydrogens is 316 g/mol. The van der Waals surface area contributed by atoms with Crippen LogP contribution in [0.1, 0.15) is 18.9 Å². The number of carbonyl (C=O) groups is 1. The highest BCUT2D eigenvalue weighted by molar-refractivity contribution is 5.92. The van der Waals surface area contributed by atoms with Gasteiger partial charge in [-0.1, -0.05) is 30.3 Å². The average Bonchev–Trinajstić information content (AvgIpc) is 2.63. The summed E-state index contributed by atoms with van der Waals surface area (Å²) in [6.45, 7) is 3.91. The number of nitrogens with one attached hydrogen (secondary N) is 2. The van der Waals surface area contributed by atoms with Crippen LogP contribution >= 0.6 is 0 Å². The van der Waals surface area contributed by atoms with E-state index < -0.39 is 0 Å². The number of carbonyl (C=O) groups excluding carboxylic acids is 1. The van der Waals surface area contributed by atoms with Crippen molar-refractivity contribution in [2.45, 2.75) is 19.8 Å². The second-order valence-electron chi connectivity index (χ2n) is 5.54. The van der Waals surface area contributed by atoms with Crippen molar-refractivity contribution in [1.82, 2.24) is 5.32 Å². The number of ether oxygens (including phenoxy) is 2. The van der Waals surface area contributed by atoms with Gasteiger partial charge in [-0.2, -0.15) is 0 Å². The molecule has 2 N–H and O–H groups in total. The van der Waals surface area contributed by atoms with Crippen molar-refractivity contribution in [3.05, 3.63) is 54.1 Å². The summed E-state index contributed by atoms with van der Waals surface area (Å²) in [7, 11) is 1.68. The molecule has 0 saturated heterocycles. The summed E-state index contributed by atoms with van der Waals surface area (Å²) in [5, 5.41) is 6.19. The van der Waals surface area contributed by atoms with Crippen LogP contribution < -0.4 is 20.1 Å². The monoisotopic (exact) mass is 342 g/mol. The van der Waals surface area contributed by atoms with Gasteiger partial charge in [0.2, 0.25) is 5.91 Å². The predicted molar refractivity (Wildman–Crippen MR) is 100 cm³/mol. The van der Waals surface area contributed by atoms with Gasteiger partial charge in [0.25, 0.3) is 0 Å². The van der Waals surface area contributed by atoms with Crippen LogP contribution in [0.3, 0.4) is 0 Å². The first-order valence-electron chi connectivity index (χ1n) is 8.59. The zero-order valence-electron chi connectivity index (χ0n) is 14.9. The fraction of sp³-hybridized carbons (Fsp3) is 0.350. The van der Waals surface area contributed by atoms with E-state index in [4.69, 9.17) is 9.47 Å². The highest BCUT2D eigenvalue weighted by Gasteiger charge is 2.07. The van der Waals surface area contributed by atoms with E-state index in [2.05, 4.69) is 16.7 Å². The van der Waals surface area contributed by atoms with Crippen LogP contribution in [-0.4, -0.2) is 32.7 Å². The van der Waals surface area contributed by atoms with Crippen LogP contribution in [0.4, 0.5) is 5.69 Å². The van der Waals surface area contributed by atoms with Gasteiger partial charge in [-0.25, -0.2) is 0 Å². The number of para-hydroxylation sites is 3. The van der Waals surface area contributed by atoms with E-state index in [-0.39, 0.29) is 5.91 Å². The Labute approximate surface area is 149 Å². The molecule has 0 saturated carbocycles. The van der Waals surface area contributed by atoms with Crippen molar-refractivity contribution >= 4 is 11.6 Å². The molecule has 0 spiro atoms. The van der Waals surface area contributed by atoms with Crippen molar-refractivity contribution in [2.24, 2.45) is 0 Å². The number of methoxy groups -OCH3 is 1. The maximum Gasteiger partial charge on any atom is 0.225 e. The second kappa shape index (κ2) is 10.4. The third-order valence-corrected chi connectivity index (χ3v) is 3.75. The molecule has 1 amide bonds. The third kappa shape index (κ3) is 6.12. The van der Waals surface area contributed by atoms with E-state index in [1.807, 2.05) is 49.4 Å². The Balaban J connectivity index is 1.71. The SMILES string of the molecule is CCOc1ccccc1NC(=O)CCNCCc1ccccc1OC. The van der Waals surface area contributed by atoms with Gasteiger partial charge in [0.15, 0.2) is 0 Å². The summed E-state index contributed by atoms with van der Waals surface area (Å²) in [4.78, 5) is 12.1. The smallest absolute Gasteiger partial charge is 0.225 e. The van der Waals surface area contributed by atoms with Crippen molar-refractivity contribution in [3.8, 4) is 11.5 Å². The van der Waals surface area contributed by atoms with Gasteiger partial charge in [-0.15, -0.1) is 0 Å². The molecule has 0 aliphatic rings. The van der Waals surface area contributed by atoms with Crippen molar-refractivity contribution in [2.75, 3.05) is 32.1 Å². The van der Waals surface area contributed by atoms with Gasteiger partial charge in [0.05, 0.1) is 19.4 Å². The summed E-state index contributed by atoms with van der Waals surface area (Å²) in [5.74, 6) is 1.56. The minimum absolute atomic E-state index is 0.0306. The van der Waals surface area contributed by atoms with Crippen molar-refractivity contribution in [1.29, 1.82) is 0 Å². The lowest BCUT2D eigenvalue weighted by molar-refractivity contribution is -0.116. The molecule has 0 bridgehead atoms. The fourth-order valence-corrected chi connectivity index (χ4v) is 2.52. The lowest BCUT2D eigenvalue weighted by Crippen LogP contribution is -2.23. The summed E-state index contributed by atoms with van der Waals surface area (Å²) in [6.07, 6.45) is 1.27. The maximum atomic E-state index is 12.1. The summed E-state index contributed by atoms with van der Waals surface area (Å²) in [5.41, 5.74) is 1.87. The molecule has 2 aromatic carbocycles. The lowest BCUT2D eigenvalue weighted by Gasteiger charge is -2.11. The van der Waals surface area contributed by atoms with Gasteiger partial charge >= 0.3 is 0 Å². The van der Waals surface area contributed by atoms with Gasteiger partial charge < -0.3 is 20.1 Å². The van der Waals surface area contributed by atoms with Crippen LogP contribution in [0.5, 0.6) is 11.5 Å². The standard InChI is InChI=1S/C20H26N2O3/c1-3-25-19-11-7-5-9-17(19)22-20(23)13-15-21-14-12-16-8-4-6-10-18(16)24-2/h4-11,21H,3,12-15H2,1-2H3,(H,22,23). The molecule has 0 unspecified atom stereocenters. The lowest BCUT2D eigenvalue weighted by atomic mass is 10.1. The van der Waals surface area contributed by atoms with E-state index >= 15 is 0 Å². The van der Waals surface area contributed by atoms with Crippen molar-refractivity contribution in [3.63, 3.8) is 0 Å². The summed E-state index contributed by atoms with van der Waals surface area (Å²) in [6, 6.07) is 15.4. The molecule has 0 heterocycles. The Morgan fingerprint density at radius 1 is 1.00 bits per heavy atom. The molecule has 0 aliphatic heterocycles. The third-order valence-electron chi connectivity index (χ3n) is 3.75. The number of hydrogen-bond donors (Lipinski definition) is 2. The van der Waals surface area contributed by atoms with E-state index in [0.29, 0.717) is 31.0 Å². The Hall–Kier alpha value is -2.53. The summed E-state index contributed by atoms with van der Waals surface area (Å²) >= 11 is 0. The van der Waals surface area contributed by atoms with Crippen LogP contribution in [0.25, 0.3) is 0 Å². The number of rotatable bonds is 10. The van der Waals surface area contributed by atoms with Gasteiger partial charge in [-0.3, -0.25) is 4.79 Å². The normalized spacial score (nSPS) is 10.3. The average molecular weight is 342 g/mol. The Morgan fingerprint density at radius 2 is 1.72 bits per heavy atom. The number of benzene rings is 2. The van der Waals surface area contributed by atoms with Crippen LogP contribution in [-0.2, 0) is 11.2 Å². The van der Waals surface area contributed by atoms with Gasteiger partial charge in [0.1, 0.15) is 11.5 Å². The molecular formula is C20H26N2O3. The van der Waals surface area contributed by atoms with E-state index in [1.54, 1.807) is 7.11 Å². The molecule has 0 atom stereocenters. The summed E-state index contributed by atoms with van der Waals surface area (Å²) < 4.78 is 10.8. The van der Waals surface area contributed by atoms with Gasteiger partial charge in [-0.05, 0) is 43.7 Å². The minimum atomic E-state index is -0.0306. The second-order valence-corrected chi connectivity index (χ2v) is 5.54. The first-order valence-corrected chi connectivity index (χ1v) is 8.59. The molecule has 134 valence electrons. The molecule has 0 aliphatic carbocycles. The highest BCUT2D eigenvalue weighted by atomic mass is 16.5. The first kappa shape index (κ1) is 18.8. The molecule has 2 rings (SSSR count). The van der Waals surface area contributed by atoms with Crippen molar-refractivity contribution < 1.29 is 14.3 Å². The number of hydrogen-bond acceptors (Lipinski definition) is 4. The Bertz CT molecular complexity index is 673. The zero-order valence-corrected chi connectivity index (χ0v) is 14.9. The molecule has 0 aromatic heterocycles. The van der Waals surface area contributed by atoms with Crippen LogP contribution in [0.15, 0.2) is 48.5 Å². The topological polar surface area (TPSA) is 59.6 Å². The molecule has 5 nitrogen and oxygen atoms in total. The molecule has 0 fully saturated rings. The van der Waals surface area contributed by atoms with E-state index in [1.165, 1.54) is 0 Å².